The molecule has 2 fully saturated rings. The molecule has 0 bridgehead atoms. The molecule has 1 aromatic heterocycles. The molecule has 0 unspecified atom stereocenters. The molecule has 120 valence electrons. The van der Waals surface area contributed by atoms with Crippen molar-refractivity contribution in [2.75, 3.05) is 33.4 Å². The number of aromatic nitrogens is 1. The van der Waals surface area contributed by atoms with Crippen LogP contribution in [0.5, 0.6) is 5.75 Å². The van der Waals surface area contributed by atoms with E-state index in [1.807, 2.05) is 29.2 Å². The Balaban J connectivity index is 1.49. The van der Waals surface area contributed by atoms with E-state index < -0.39 is 0 Å². The van der Waals surface area contributed by atoms with Crippen molar-refractivity contribution in [2.45, 2.75) is 6.42 Å². The lowest BCUT2D eigenvalue weighted by Gasteiger charge is -2.37. The predicted molar refractivity (Wildman–Crippen MR) is 82.3 cm³/mol. The molecular weight excluding hydrogens is 296 g/mol. The fourth-order valence-electron chi connectivity index (χ4n) is 3.16. The van der Waals surface area contributed by atoms with E-state index in [0.717, 1.165) is 44.0 Å². The second-order valence-corrected chi connectivity index (χ2v) is 6.27. The summed E-state index contributed by atoms with van der Waals surface area (Å²) in [5.74, 6) is 1.28. The maximum Gasteiger partial charge on any atom is 0.276 e. The Morgan fingerprint density at radius 1 is 1.30 bits per heavy atom. The Labute approximate surface area is 134 Å². The first-order chi connectivity index (χ1) is 11.2. The van der Waals surface area contributed by atoms with Crippen LogP contribution in [0.1, 0.15) is 16.9 Å². The molecule has 0 aliphatic carbocycles. The summed E-state index contributed by atoms with van der Waals surface area (Å²) in [6.07, 6.45) is 1.00. The Hall–Kier alpha value is -2.34. The third kappa shape index (κ3) is 2.49. The standard InChI is InChI=1S/C17H18N2O4/c1-21-13-4-2-12(3-5-13)15-8-14(18-23-15)16(20)19-7-6-17(9-19)10-22-11-17/h2-5,8H,6-7,9-11H2,1H3. The van der Waals surface area contributed by atoms with Gasteiger partial charge in [0.1, 0.15) is 5.75 Å². The van der Waals surface area contributed by atoms with Crippen LogP contribution < -0.4 is 4.74 Å². The molecule has 0 saturated carbocycles. The highest BCUT2D eigenvalue weighted by atomic mass is 16.5. The SMILES string of the molecule is COc1ccc(-c2cc(C(=O)N3CCC4(COC4)C3)no2)cc1. The van der Waals surface area contributed by atoms with E-state index in [2.05, 4.69) is 5.16 Å². The summed E-state index contributed by atoms with van der Waals surface area (Å²) in [6.45, 7) is 3.02. The summed E-state index contributed by atoms with van der Waals surface area (Å²) in [7, 11) is 1.62. The van der Waals surface area contributed by atoms with Crippen LogP contribution in [0.25, 0.3) is 11.3 Å². The van der Waals surface area contributed by atoms with Gasteiger partial charge in [-0.3, -0.25) is 4.79 Å². The zero-order valence-corrected chi connectivity index (χ0v) is 12.9. The van der Waals surface area contributed by atoms with E-state index >= 15 is 0 Å². The summed E-state index contributed by atoms with van der Waals surface area (Å²) >= 11 is 0. The van der Waals surface area contributed by atoms with Crippen LogP contribution in [0, 0.1) is 5.41 Å². The first-order valence-corrected chi connectivity index (χ1v) is 7.67. The van der Waals surface area contributed by atoms with Gasteiger partial charge in [-0.05, 0) is 30.7 Å². The molecule has 4 rings (SSSR count). The van der Waals surface area contributed by atoms with Crippen LogP contribution >= 0.6 is 0 Å². The molecule has 1 spiro atoms. The third-order valence-corrected chi connectivity index (χ3v) is 4.65. The number of carbonyl (C=O) groups excluding carboxylic acids is 1. The van der Waals surface area contributed by atoms with Crippen molar-refractivity contribution in [2.24, 2.45) is 5.41 Å². The van der Waals surface area contributed by atoms with E-state index in [-0.39, 0.29) is 11.3 Å². The summed E-state index contributed by atoms with van der Waals surface area (Å²) < 4.78 is 15.8. The van der Waals surface area contributed by atoms with Crippen LogP contribution in [0.2, 0.25) is 0 Å². The molecule has 2 aliphatic heterocycles. The lowest BCUT2D eigenvalue weighted by Crippen LogP contribution is -2.45. The van der Waals surface area contributed by atoms with Crippen molar-refractivity contribution in [3.8, 4) is 17.1 Å². The minimum atomic E-state index is -0.0720. The fourth-order valence-corrected chi connectivity index (χ4v) is 3.16. The molecular formula is C17H18N2O4. The summed E-state index contributed by atoms with van der Waals surface area (Å²) in [5, 5.41) is 3.94. The van der Waals surface area contributed by atoms with E-state index in [1.165, 1.54) is 0 Å². The van der Waals surface area contributed by atoms with Gasteiger partial charge < -0.3 is 18.9 Å². The highest BCUT2D eigenvalue weighted by molar-refractivity contribution is 5.93. The van der Waals surface area contributed by atoms with E-state index in [9.17, 15) is 4.79 Å². The minimum Gasteiger partial charge on any atom is -0.497 e. The lowest BCUT2D eigenvalue weighted by molar-refractivity contribution is -0.103. The van der Waals surface area contributed by atoms with Crippen molar-refractivity contribution in [3.05, 3.63) is 36.0 Å². The average molecular weight is 314 g/mol. The zero-order chi connectivity index (χ0) is 15.9. The van der Waals surface area contributed by atoms with Crippen molar-refractivity contribution in [3.63, 3.8) is 0 Å². The fraction of sp³-hybridized carbons (Fsp3) is 0.412. The van der Waals surface area contributed by atoms with Gasteiger partial charge in [-0.2, -0.15) is 0 Å². The molecule has 2 aliphatic rings. The molecule has 0 atom stereocenters. The number of methoxy groups -OCH3 is 1. The number of likely N-dealkylation sites (tertiary alicyclic amines) is 1. The predicted octanol–water partition coefficient (Wildman–Crippen LogP) is 2.21. The second-order valence-electron chi connectivity index (χ2n) is 6.27. The maximum absolute atomic E-state index is 12.6. The molecule has 0 N–H and O–H groups in total. The minimum absolute atomic E-state index is 0.0720. The van der Waals surface area contributed by atoms with Gasteiger partial charge >= 0.3 is 0 Å². The van der Waals surface area contributed by atoms with Gasteiger partial charge in [-0.1, -0.05) is 5.16 Å². The lowest BCUT2D eigenvalue weighted by atomic mass is 9.85. The van der Waals surface area contributed by atoms with E-state index in [0.29, 0.717) is 11.5 Å². The number of benzene rings is 1. The number of hydrogen-bond acceptors (Lipinski definition) is 5. The number of rotatable bonds is 3. The molecule has 1 aromatic carbocycles. The van der Waals surface area contributed by atoms with E-state index in [1.54, 1.807) is 13.2 Å². The third-order valence-electron chi connectivity index (χ3n) is 4.65. The molecule has 3 heterocycles. The highest BCUT2D eigenvalue weighted by Gasteiger charge is 2.46. The summed E-state index contributed by atoms with van der Waals surface area (Å²) in [5.41, 5.74) is 1.40. The Morgan fingerprint density at radius 3 is 2.70 bits per heavy atom. The molecule has 6 heteroatoms. The van der Waals surface area contributed by atoms with Crippen LogP contribution in [-0.2, 0) is 4.74 Å². The molecule has 6 nitrogen and oxygen atoms in total. The van der Waals surface area contributed by atoms with Gasteiger partial charge in [-0.25, -0.2) is 0 Å². The van der Waals surface area contributed by atoms with Crippen molar-refractivity contribution in [1.29, 1.82) is 0 Å². The number of nitrogens with zero attached hydrogens (tertiary/aromatic N) is 2. The van der Waals surface area contributed by atoms with Gasteiger partial charge in [0, 0.05) is 30.1 Å². The van der Waals surface area contributed by atoms with Gasteiger partial charge in [0.05, 0.1) is 20.3 Å². The Morgan fingerprint density at radius 2 is 2.09 bits per heavy atom. The summed E-state index contributed by atoms with van der Waals surface area (Å²) in [6, 6.07) is 9.15. The second kappa shape index (κ2) is 5.38. The monoisotopic (exact) mass is 314 g/mol. The Kier molecular flexibility index (Phi) is 3.34. The molecule has 1 amide bonds. The first-order valence-electron chi connectivity index (χ1n) is 7.67. The number of ether oxygens (including phenoxy) is 2. The number of amides is 1. The smallest absolute Gasteiger partial charge is 0.276 e. The highest BCUT2D eigenvalue weighted by Crippen LogP contribution is 2.38. The first kappa shape index (κ1) is 14.3. The van der Waals surface area contributed by atoms with Crippen molar-refractivity contribution >= 4 is 5.91 Å². The molecule has 2 saturated heterocycles. The van der Waals surface area contributed by atoms with Crippen molar-refractivity contribution < 1.29 is 18.8 Å². The van der Waals surface area contributed by atoms with Gasteiger partial charge in [0.2, 0.25) is 0 Å². The van der Waals surface area contributed by atoms with Crippen LogP contribution in [0.3, 0.4) is 0 Å². The molecule has 0 radical (unpaired) electrons. The molecule has 2 aromatic rings. The maximum atomic E-state index is 12.6. The number of hydrogen-bond donors (Lipinski definition) is 0. The average Bonchev–Trinajstić information content (AvgIpc) is 3.21. The quantitative estimate of drug-likeness (QED) is 0.869. The largest absolute Gasteiger partial charge is 0.497 e. The van der Waals surface area contributed by atoms with Gasteiger partial charge in [-0.15, -0.1) is 0 Å². The van der Waals surface area contributed by atoms with E-state index in [4.69, 9.17) is 14.0 Å². The van der Waals surface area contributed by atoms with Gasteiger partial charge in [0.15, 0.2) is 11.5 Å². The Bertz CT molecular complexity index is 718. The normalized spacial score (nSPS) is 18.9. The van der Waals surface area contributed by atoms with Crippen LogP contribution in [0.4, 0.5) is 0 Å². The zero-order valence-electron chi connectivity index (χ0n) is 12.9. The van der Waals surface area contributed by atoms with Gasteiger partial charge in [0.25, 0.3) is 5.91 Å². The van der Waals surface area contributed by atoms with Crippen molar-refractivity contribution in [1.82, 2.24) is 10.1 Å². The summed E-state index contributed by atoms with van der Waals surface area (Å²) in [4.78, 5) is 14.4. The topological polar surface area (TPSA) is 64.8 Å². The number of carbonyl (C=O) groups is 1. The molecule has 23 heavy (non-hydrogen) atoms. The van der Waals surface area contributed by atoms with Crippen LogP contribution in [-0.4, -0.2) is 49.4 Å². The van der Waals surface area contributed by atoms with Crippen LogP contribution in [0.15, 0.2) is 34.9 Å².